The second-order valence-electron chi connectivity index (χ2n) is 11.5. The molecule has 3 heterocycles. The molecule has 1 amide bonds. The maximum Gasteiger partial charge on any atom is 0.258 e. The summed E-state index contributed by atoms with van der Waals surface area (Å²) < 4.78 is 12.4. The molecule has 0 saturated carbocycles. The molecule has 0 aliphatic carbocycles. The fourth-order valence-corrected chi connectivity index (χ4v) is 6.15. The van der Waals surface area contributed by atoms with E-state index in [2.05, 4.69) is 60.2 Å². The molecule has 2 aliphatic heterocycles. The minimum atomic E-state index is -0.0119. The molecular weight excluding hydrogens is 512 g/mol. The van der Waals surface area contributed by atoms with Gasteiger partial charge < -0.3 is 24.7 Å². The third-order valence-corrected chi connectivity index (χ3v) is 8.09. The molecule has 214 valence electrons. The summed E-state index contributed by atoms with van der Waals surface area (Å²) in [5, 5.41) is 4.69. The molecule has 0 spiro atoms. The molecule has 41 heavy (non-hydrogen) atoms. The Morgan fingerprint density at radius 3 is 2.68 bits per heavy atom. The molecule has 4 aromatic rings. The summed E-state index contributed by atoms with van der Waals surface area (Å²) in [5.41, 5.74) is 5.70. The molecule has 7 nitrogen and oxygen atoms in total. The summed E-state index contributed by atoms with van der Waals surface area (Å²) in [5.74, 6) is 0.728. The van der Waals surface area contributed by atoms with Crippen LogP contribution in [0.3, 0.4) is 0 Å². The Morgan fingerprint density at radius 1 is 1.00 bits per heavy atom. The van der Waals surface area contributed by atoms with Gasteiger partial charge in [0.25, 0.3) is 5.91 Å². The minimum Gasteiger partial charge on any atom is -0.493 e. The fourth-order valence-electron chi connectivity index (χ4n) is 6.15. The van der Waals surface area contributed by atoms with Crippen LogP contribution in [-0.2, 0) is 4.74 Å². The molecule has 1 fully saturated rings. The fraction of sp³-hybridized carbons (Fsp3) is 0.382. The molecule has 3 unspecified atom stereocenters. The number of aromatic nitrogens is 1. The zero-order valence-electron chi connectivity index (χ0n) is 24.2. The number of hydrogen-bond acceptors (Lipinski definition) is 5. The number of nitrogens with zero attached hydrogens (tertiary/aromatic N) is 2. The first-order valence-corrected chi connectivity index (χ1v) is 14.8. The average molecular weight is 553 g/mol. The number of carbonyl (C=O) groups excluding carboxylic acids is 1. The molecule has 0 radical (unpaired) electrons. The van der Waals surface area contributed by atoms with Crippen LogP contribution in [0, 0.1) is 0 Å². The van der Waals surface area contributed by atoms with Crippen LogP contribution in [-0.4, -0.2) is 66.8 Å². The second kappa shape index (κ2) is 12.0. The highest BCUT2D eigenvalue weighted by molar-refractivity contribution is 6.08. The first-order valence-electron chi connectivity index (χ1n) is 14.8. The van der Waals surface area contributed by atoms with E-state index in [9.17, 15) is 4.79 Å². The number of para-hydroxylation sites is 2. The van der Waals surface area contributed by atoms with Crippen LogP contribution in [0.5, 0.6) is 5.75 Å². The first kappa shape index (κ1) is 27.4. The minimum absolute atomic E-state index is 0.0119. The molecule has 3 aromatic carbocycles. The van der Waals surface area contributed by atoms with Gasteiger partial charge in [-0.05, 0) is 93.1 Å². The first-order chi connectivity index (χ1) is 19.9. The maximum atomic E-state index is 14.0. The predicted molar refractivity (Wildman–Crippen MR) is 166 cm³/mol. The van der Waals surface area contributed by atoms with E-state index in [4.69, 9.17) is 9.47 Å². The van der Waals surface area contributed by atoms with Crippen LogP contribution in [0.2, 0.25) is 0 Å². The number of carbonyl (C=O) groups is 1. The van der Waals surface area contributed by atoms with Crippen molar-refractivity contribution < 1.29 is 14.3 Å². The Kier molecular flexibility index (Phi) is 7.99. The van der Waals surface area contributed by atoms with Crippen LogP contribution in [0.4, 0.5) is 11.4 Å². The largest absolute Gasteiger partial charge is 0.493 e. The monoisotopic (exact) mass is 552 g/mol. The van der Waals surface area contributed by atoms with Gasteiger partial charge in [-0.25, -0.2) is 0 Å². The number of amides is 1. The van der Waals surface area contributed by atoms with Crippen LogP contribution < -0.4 is 15.0 Å². The summed E-state index contributed by atoms with van der Waals surface area (Å²) in [6.07, 6.45) is 4.23. The number of hydrogen-bond donors (Lipinski definition) is 2. The quantitative estimate of drug-likeness (QED) is 0.254. The van der Waals surface area contributed by atoms with E-state index in [1.807, 2.05) is 53.6 Å². The van der Waals surface area contributed by atoms with E-state index in [0.717, 1.165) is 71.6 Å². The van der Waals surface area contributed by atoms with Crippen molar-refractivity contribution in [3.05, 3.63) is 78.5 Å². The number of fused-ring (bicyclic) bond motifs is 2. The lowest BCUT2D eigenvalue weighted by Gasteiger charge is -2.35. The Morgan fingerprint density at radius 2 is 1.83 bits per heavy atom. The van der Waals surface area contributed by atoms with Crippen molar-refractivity contribution in [2.24, 2.45) is 0 Å². The average Bonchev–Trinajstić information content (AvgIpc) is 3.36. The van der Waals surface area contributed by atoms with Crippen molar-refractivity contribution in [3.8, 4) is 16.9 Å². The van der Waals surface area contributed by atoms with Gasteiger partial charge >= 0.3 is 0 Å². The number of morpholine rings is 1. The predicted octanol–water partition coefficient (Wildman–Crippen LogP) is 6.56. The third kappa shape index (κ3) is 6.11. The maximum absolute atomic E-state index is 14.0. The molecule has 1 aromatic heterocycles. The van der Waals surface area contributed by atoms with Crippen LogP contribution in [0.15, 0.2) is 72.9 Å². The van der Waals surface area contributed by atoms with Gasteiger partial charge in [-0.15, -0.1) is 0 Å². The highest BCUT2D eigenvalue weighted by atomic mass is 16.5. The van der Waals surface area contributed by atoms with Gasteiger partial charge in [0.05, 0.1) is 30.2 Å². The number of aromatic amines is 1. The van der Waals surface area contributed by atoms with Gasteiger partial charge in [-0.1, -0.05) is 18.2 Å². The van der Waals surface area contributed by atoms with Crippen molar-refractivity contribution in [1.82, 2.24) is 9.88 Å². The SMILES string of the molecule is CC1CCN(C(=O)c2ccc(-c3ccc4[nH]ccc4c3)c(OCCCN3CC(C)OC(C)C3)c2)c2ccccc2N1. The van der Waals surface area contributed by atoms with Crippen LogP contribution in [0.1, 0.15) is 44.0 Å². The lowest BCUT2D eigenvalue weighted by atomic mass is 10.0. The van der Waals surface area contributed by atoms with Crippen LogP contribution >= 0.6 is 0 Å². The Labute approximate surface area is 242 Å². The normalized spacial score (nSPS) is 21.2. The van der Waals surface area contributed by atoms with E-state index in [0.29, 0.717) is 18.7 Å². The van der Waals surface area contributed by atoms with Crippen LogP contribution in [0.25, 0.3) is 22.0 Å². The van der Waals surface area contributed by atoms with E-state index in [-0.39, 0.29) is 24.2 Å². The van der Waals surface area contributed by atoms with Crippen molar-refractivity contribution >= 4 is 28.2 Å². The molecular formula is C34H40N4O3. The number of benzene rings is 3. The third-order valence-electron chi connectivity index (χ3n) is 8.09. The standard InChI is InChI=1S/C34H40N4O3/c1-23-14-17-38(32-8-5-4-7-31(32)36-23)34(39)28-9-11-29(26-10-12-30-27(19-26)13-15-35-30)33(20-28)40-18-6-16-37-21-24(2)41-25(3)22-37/h4-5,7-13,15,19-20,23-25,35-36H,6,14,16-18,21-22H2,1-3H3. The number of nitrogens with one attached hydrogen (secondary N) is 2. The number of H-pyrrole nitrogens is 1. The summed E-state index contributed by atoms with van der Waals surface area (Å²) in [4.78, 5) is 21.6. The smallest absolute Gasteiger partial charge is 0.258 e. The van der Waals surface area contributed by atoms with Gasteiger partial charge in [0.2, 0.25) is 0 Å². The lowest BCUT2D eigenvalue weighted by Crippen LogP contribution is -2.45. The Balaban J connectivity index is 1.26. The van der Waals surface area contributed by atoms with Crippen molar-refractivity contribution in [1.29, 1.82) is 0 Å². The lowest BCUT2D eigenvalue weighted by molar-refractivity contribution is -0.0686. The summed E-state index contributed by atoms with van der Waals surface area (Å²) in [6.45, 7) is 10.5. The van der Waals surface area contributed by atoms with E-state index < -0.39 is 0 Å². The zero-order chi connectivity index (χ0) is 28.3. The van der Waals surface area contributed by atoms with Crippen molar-refractivity contribution in [2.75, 3.05) is 43.0 Å². The molecule has 0 bridgehead atoms. The van der Waals surface area contributed by atoms with E-state index in [1.54, 1.807) is 0 Å². The molecule has 3 atom stereocenters. The summed E-state index contributed by atoms with van der Waals surface area (Å²) in [6, 6.07) is 22.7. The number of ether oxygens (including phenoxy) is 2. The summed E-state index contributed by atoms with van der Waals surface area (Å²) in [7, 11) is 0. The topological polar surface area (TPSA) is 69.8 Å². The highest BCUT2D eigenvalue weighted by Gasteiger charge is 2.26. The number of rotatable bonds is 7. The molecule has 2 aliphatic rings. The Hall–Kier alpha value is -3.81. The van der Waals surface area contributed by atoms with E-state index >= 15 is 0 Å². The van der Waals surface area contributed by atoms with Gasteiger partial charge in [0, 0.05) is 55.1 Å². The molecule has 7 heteroatoms. The van der Waals surface area contributed by atoms with E-state index in [1.165, 1.54) is 0 Å². The van der Waals surface area contributed by atoms with Crippen molar-refractivity contribution in [2.45, 2.75) is 51.9 Å². The molecule has 1 saturated heterocycles. The van der Waals surface area contributed by atoms with Gasteiger partial charge in [-0.2, -0.15) is 0 Å². The van der Waals surface area contributed by atoms with Gasteiger partial charge in [0.1, 0.15) is 5.75 Å². The Bertz CT molecular complexity index is 1500. The highest BCUT2D eigenvalue weighted by Crippen LogP contribution is 2.35. The molecule has 6 rings (SSSR count). The van der Waals surface area contributed by atoms with Gasteiger partial charge in [0.15, 0.2) is 0 Å². The van der Waals surface area contributed by atoms with Gasteiger partial charge in [-0.3, -0.25) is 9.69 Å². The van der Waals surface area contributed by atoms with Crippen molar-refractivity contribution in [3.63, 3.8) is 0 Å². The molecule has 2 N–H and O–H groups in total. The zero-order valence-corrected chi connectivity index (χ0v) is 24.2. The second-order valence-corrected chi connectivity index (χ2v) is 11.5. The summed E-state index contributed by atoms with van der Waals surface area (Å²) >= 11 is 0. The number of anilines is 2.